The van der Waals surface area contributed by atoms with Gasteiger partial charge in [0.05, 0.1) is 24.8 Å². The number of fused-ring (bicyclic) bond motifs is 1. The number of benzene rings is 2. The van der Waals surface area contributed by atoms with Crippen LogP contribution in [-0.2, 0) is 16.0 Å². The Morgan fingerprint density at radius 2 is 1.93 bits per heavy atom. The van der Waals surface area contributed by atoms with E-state index in [9.17, 15) is 9.59 Å². The number of ether oxygens (including phenoxy) is 3. The summed E-state index contributed by atoms with van der Waals surface area (Å²) in [5.41, 5.74) is 2.83. The molecule has 0 aliphatic carbocycles. The van der Waals surface area contributed by atoms with E-state index in [1.54, 1.807) is 35.5 Å². The van der Waals surface area contributed by atoms with E-state index < -0.39 is 0 Å². The van der Waals surface area contributed by atoms with Crippen LogP contribution in [0.2, 0.25) is 0 Å². The lowest BCUT2D eigenvalue weighted by Gasteiger charge is -2.37. The molecule has 2 aromatic carbocycles. The zero-order valence-electron chi connectivity index (χ0n) is 23.5. The van der Waals surface area contributed by atoms with Crippen molar-refractivity contribution in [1.82, 2.24) is 9.80 Å². The van der Waals surface area contributed by atoms with Crippen molar-refractivity contribution in [1.29, 1.82) is 0 Å². The summed E-state index contributed by atoms with van der Waals surface area (Å²) in [5, 5.41) is 2.08. The quantitative estimate of drug-likeness (QED) is 0.317. The van der Waals surface area contributed by atoms with Crippen molar-refractivity contribution in [3.05, 3.63) is 81.5 Å². The average Bonchev–Trinajstić information content (AvgIpc) is 3.67. The number of nitrogens with zero attached hydrogens (tertiary/aromatic N) is 2. The molecule has 0 unspecified atom stereocenters. The molecule has 2 amide bonds. The van der Waals surface area contributed by atoms with Gasteiger partial charge in [-0.25, -0.2) is 0 Å². The summed E-state index contributed by atoms with van der Waals surface area (Å²) in [6, 6.07) is 17.2. The fraction of sp³-hybridized carbons (Fsp3) is 0.438. The third kappa shape index (κ3) is 6.34. The Morgan fingerprint density at radius 1 is 1.12 bits per heavy atom. The van der Waals surface area contributed by atoms with Gasteiger partial charge < -0.3 is 24.0 Å². The minimum Gasteiger partial charge on any atom is -0.496 e. The van der Waals surface area contributed by atoms with Crippen LogP contribution in [0, 0.1) is 0 Å². The molecular formula is C32H38N2O5S. The minimum absolute atomic E-state index is 0.0319. The summed E-state index contributed by atoms with van der Waals surface area (Å²) in [5.74, 6) is 1.40. The average molecular weight is 563 g/mol. The molecule has 0 bridgehead atoms. The van der Waals surface area contributed by atoms with Gasteiger partial charge in [0.15, 0.2) is 0 Å². The van der Waals surface area contributed by atoms with E-state index in [4.69, 9.17) is 14.2 Å². The van der Waals surface area contributed by atoms with Crippen LogP contribution in [0.3, 0.4) is 0 Å². The van der Waals surface area contributed by atoms with Crippen molar-refractivity contribution in [2.75, 3.05) is 40.0 Å². The zero-order chi connectivity index (χ0) is 28.1. The van der Waals surface area contributed by atoms with Gasteiger partial charge in [-0.2, -0.15) is 0 Å². The van der Waals surface area contributed by atoms with Crippen LogP contribution in [0.5, 0.6) is 11.5 Å². The first kappa shape index (κ1) is 28.2. The molecule has 2 atom stereocenters. The monoisotopic (exact) mass is 562 g/mol. The van der Waals surface area contributed by atoms with Crippen molar-refractivity contribution in [3.63, 3.8) is 0 Å². The lowest BCUT2D eigenvalue weighted by Crippen LogP contribution is -2.49. The summed E-state index contributed by atoms with van der Waals surface area (Å²) < 4.78 is 17.6. The maximum atomic E-state index is 14.0. The van der Waals surface area contributed by atoms with Gasteiger partial charge >= 0.3 is 0 Å². The van der Waals surface area contributed by atoms with Crippen LogP contribution in [0.25, 0.3) is 0 Å². The standard InChI is InChI=1S/C32H38N2O5S/c1-22(2)23-10-12-24(13-11-23)39-21-28-26-15-18-40-30(26)14-16-34(28)31(35)20-33(19-25-7-6-17-38-25)32(36)27-8-4-5-9-29(27)37-3/h4-5,8-13,15,18,22,25,28H,6-7,14,16-17,19-21H2,1-3H3/t25-,28-/m0/s1. The van der Waals surface area contributed by atoms with Crippen molar-refractivity contribution in [2.24, 2.45) is 0 Å². The van der Waals surface area contributed by atoms with E-state index in [1.165, 1.54) is 10.4 Å². The molecule has 0 saturated carbocycles. The predicted molar refractivity (Wildman–Crippen MR) is 156 cm³/mol. The second-order valence-electron chi connectivity index (χ2n) is 10.7. The molecule has 8 heteroatoms. The van der Waals surface area contributed by atoms with Gasteiger partial charge in [0.25, 0.3) is 5.91 Å². The van der Waals surface area contributed by atoms with Crippen LogP contribution >= 0.6 is 11.3 Å². The van der Waals surface area contributed by atoms with Gasteiger partial charge in [-0.15, -0.1) is 11.3 Å². The highest BCUT2D eigenvalue weighted by atomic mass is 32.1. The normalized spacial score (nSPS) is 18.4. The second kappa shape index (κ2) is 12.9. The highest BCUT2D eigenvalue weighted by molar-refractivity contribution is 7.10. The molecule has 3 heterocycles. The van der Waals surface area contributed by atoms with Crippen molar-refractivity contribution in [3.8, 4) is 11.5 Å². The fourth-order valence-corrected chi connectivity index (χ4v) is 6.43. The maximum absolute atomic E-state index is 14.0. The Balaban J connectivity index is 1.35. The second-order valence-corrected chi connectivity index (χ2v) is 11.7. The molecule has 1 aromatic heterocycles. The van der Waals surface area contributed by atoms with Crippen LogP contribution < -0.4 is 9.47 Å². The first-order chi connectivity index (χ1) is 19.4. The van der Waals surface area contributed by atoms with E-state index in [0.717, 1.165) is 30.6 Å². The number of methoxy groups -OCH3 is 1. The molecule has 40 heavy (non-hydrogen) atoms. The number of hydrogen-bond donors (Lipinski definition) is 0. The largest absolute Gasteiger partial charge is 0.496 e. The zero-order valence-corrected chi connectivity index (χ0v) is 24.3. The molecule has 5 rings (SSSR count). The third-order valence-corrected chi connectivity index (χ3v) is 8.77. The smallest absolute Gasteiger partial charge is 0.258 e. The molecular weight excluding hydrogens is 524 g/mol. The van der Waals surface area contributed by atoms with Crippen molar-refractivity contribution >= 4 is 23.2 Å². The number of thiophene rings is 1. The lowest BCUT2D eigenvalue weighted by atomic mass is 10.00. The Labute approximate surface area is 240 Å². The molecule has 0 spiro atoms. The lowest BCUT2D eigenvalue weighted by molar-refractivity contribution is -0.135. The van der Waals surface area contributed by atoms with Gasteiger partial charge in [0, 0.05) is 24.6 Å². The number of rotatable bonds is 10. The Kier molecular flexibility index (Phi) is 9.07. The molecule has 0 radical (unpaired) electrons. The van der Waals surface area contributed by atoms with E-state index >= 15 is 0 Å². The molecule has 1 fully saturated rings. The Bertz CT molecular complexity index is 1300. The van der Waals surface area contributed by atoms with Gasteiger partial charge in [-0.1, -0.05) is 38.1 Å². The molecule has 7 nitrogen and oxygen atoms in total. The van der Waals surface area contributed by atoms with Gasteiger partial charge in [0.1, 0.15) is 24.7 Å². The summed E-state index contributed by atoms with van der Waals surface area (Å²) in [4.78, 5) is 32.5. The van der Waals surface area contributed by atoms with Gasteiger partial charge in [0.2, 0.25) is 5.91 Å². The molecule has 2 aliphatic rings. The van der Waals surface area contributed by atoms with Gasteiger partial charge in [-0.3, -0.25) is 9.59 Å². The molecule has 3 aromatic rings. The maximum Gasteiger partial charge on any atom is 0.258 e. The highest BCUT2D eigenvalue weighted by Crippen LogP contribution is 2.34. The highest BCUT2D eigenvalue weighted by Gasteiger charge is 2.35. The summed E-state index contributed by atoms with van der Waals surface area (Å²) in [6.45, 7) is 6.28. The number of carbonyl (C=O) groups is 2. The first-order valence-electron chi connectivity index (χ1n) is 14.1. The van der Waals surface area contributed by atoms with E-state index in [-0.39, 0.29) is 30.5 Å². The Morgan fingerprint density at radius 3 is 2.65 bits per heavy atom. The number of amides is 2. The van der Waals surface area contributed by atoms with Crippen molar-refractivity contribution < 1.29 is 23.8 Å². The predicted octanol–water partition coefficient (Wildman–Crippen LogP) is 5.71. The third-order valence-electron chi connectivity index (χ3n) is 7.77. The fourth-order valence-electron chi connectivity index (χ4n) is 5.50. The number of hydrogen-bond acceptors (Lipinski definition) is 6. The Hall–Kier alpha value is -3.36. The summed E-state index contributed by atoms with van der Waals surface area (Å²) in [7, 11) is 1.55. The van der Waals surface area contributed by atoms with E-state index in [2.05, 4.69) is 37.4 Å². The first-order valence-corrected chi connectivity index (χ1v) is 14.9. The van der Waals surface area contributed by atoms with Crippen LogP contribution in [0.1, 0.15) is 65.0 Å². The molecule has 212 valence electrons. The van der Waals surface area contributed by atoms with Crippen molar-refractivity contribution in [2.45, 2.75) is 51.2 Å². The molecule has 0 N–H and O–H groups in total. The summed E-state index contributed by atoms with van der Waals surface area (Å²) in [6.07, 6.45) is 2.55. The molecule has 1 saturated heterocycles. The SMILES string of the molecule is COc1ccccc1C(=O)N(CC(=O)N1CCc2sccc2[C@@H]1COc1ccc(C(C)C)cc1)C[C@@H]1CCCO1. The van der Waals surface area contributed by atoms with Crippen LogP contribution in [0.4, 0.5) is 0 Å². The number of para-hydroxylation sites is 1. The van der Waals surface area contributed by atoms with Gasteiger partial charge in [-0.05, 0) is 72.0 Å². The van der Waals surface area contributed by atoms with E-state index in [0.29, 0.717) is 43.5 Å². The number of carbonyl (C=O) groups excluding carboxylic acids is 2. The topological polar surface area (TPSA) is 68.3 Å². The molecule has 2 aliphatic heterocycles. The summed E-state index contributed by atoms with van der Waals surface area (Å²) >= 11 is 1.72. The van der Waals surface area contributed by atoms with E-state index in [1.807, 2.05) is 29.2 Å². The minimum atomic E-state index is -0.229. The van der Waals surface area contributed by atoms with Crippen LogP contribution in [0.15, 0.2) is 60.0 Å². The van der Waals surface area contributed by atoms with Crippen LogP contribution in [-0.4, -0.2) is 67.7 Å².